The summed E-state index contributed by atoms with van der Waals surface area (Å²) in [5.74, 6) is -2.69. The van der Waals surface area contributed by atoms with Crippen LogP contribution in [-0.2, 0) is 19.6 Å². The summed E-state index contributed by atoms with van der Waals surface area (Å²) >= 11 is 0. The second-order valence-corrected chi connectivity index (χ2v) is 5.30. The Morgan fingerprint density at radius 1 is 1.40 bits per heavy atom. The number of hydrogen-bond acceptors (Lipinski definition) is 6. The van der Waals surface area contributed by atoms with E-state index in [-0.39, 0.29) is 0 Å². The van der Waals surface area contributed by atoms with Gasteiger partial charge < -0.3 is 15.8 Å². The number of H-pyrrole nitrogens is 2. The molecule has 0 bridgehead atoms. The van der Waals surface area contributed by atoms with Crippen LogP contribution in [0.3, 0.4) is 0 Å². The fraction of sp³-hybridized carbons (Fsp3) is 0.250. The van der Waals surface area contributed by atoms with E-state index in [0.29, 0.717) is 6.20 Å². The van der Waals surface area contributed by atoms with Crippen LogP contribution in [0.25, 0.3) is 0 Å². The Morgan fingerprint density at radius 2 is 2.00 bits per heavy atom. The maximum atomic E-state index is 11.8. The number of aromatic nitrogens is 2. The van der Waals surface area contributed by atoms with Crippen molar-refractivity contribution in [2.45, 2.75) is 17.4 Å². The summed E-state index contributed by atoms with van der Waals surface area (Å²) in [5.41, 5.74) is 2.62. The van der Waals surface area contributed by atoms with Crippen LogP contribution in [0.2, 0.25) is 0 Å². The highest BCUT2D eigenvalue weighted by atomic mass is 32.2. The van der Waals surface area contributed by atoms with Crippen molar-refractivity contribution in [1.29, 1.82) is 0 Å². The number of carbonyl (C=O) groups is 2. The number of nitrogens with two attached hydrogens (primary N) is 1. The largest absolute Gasteiger partial charge is 0.480 e. The van der Waals surface area contributed by atoms with Gasteiger partial charge in [-0.1, -0.05) is 0 Å². The van der Waals surface area contributed by atoms with Crippen molar-refractivity contribution in [3.8, 4) is 0 Å². The summed E-state index contributed by atoms with van der Waals surface area (Å²) in [6.07, 6.45) is -0.192. The van der Waals surface area contributed by atoms with E-state index >= 15 is 0 Å². The number of hydrogen-bond donors (Lipinski definition) is 5. The number of aliphatic carboxylic acids is 1. The molecule has 0 unspecified atom stereocenters. The topological polar surface area (TPSA) is 192 Å². The van der Waals surface area contributed by atoms with Crippen LogP contribution >= 0.6 is 0 Å². The molecular weight excluding hydrogens is 296 g/mol. The van der Waals surface area contributed by atoms with E-state index in [2.05, 4.69) is 0 Å². The van der Waals surface area contributed by atoms with Gasteiger partial charge in [0, 0.05) is 6.20 Å². The molecule has 110 valence electrons. The number of carbonyl (C=O) groups excluding carboxylic acids is 1. The van der Waals surface area contributed by atoms with Crippen LogP contribution in [0.4, 0.5) is 0 Å². The maximum Gasteiger partial charge on any atom is 0.325 e. The Morgan fingerprint density at radius 3 is 2.45 bits per heavy atom. The smallest absolute Gasteiger partial charge is 0.325 e. The van der Waals surface area contributed by atoms with Crippen LogP contribution in [0, 0.1) is 0 Å². The molecular formula is C8H10N4O7S. The molecule has 6 N–H and O–H groups in total. The Hall–Kier alpha value is -2.47. The fourth-order valence-electron chi connectivity index (χ4n) is 1.23. The molecule has 0 aromatic carbocycles. The molecule has 12 heteroatoms. The van der Waals surface area contributed by atoms with Gasteiger partial charge in [-0.25, -0.2) is 13.2 Å². The van der Waals surface area contributed by atoms with Crippen molar-refractivity contribution < 1.29 is 23.1 Å². The lowest BCUT2D eigenvalue weighted by atomic mass is 10.2. The summed E-state index contributed by atoms with van der Waals surface area (Å²) in [5, 5.41) is 8.77. The molecule has 1 aromatic rings. The summed E-state index contributed by atoms with van der Waals surface area (Å²) in [4.78, 5) is 46.2. The third kappa shape index (κ3) is 3.76. The molecule has 0 radical (unpaired) electrons. The van der Waals surface area contributed by atoms with Gasteiger partial charge in [0.05, 0.1) is 6.42 Å². The standard InChI is InChI=1S/C8H10N4O7S/c9-5(13)1-3(7(15)16)12-20(18,19)4-2-10-8(17)11-6(4)14/h2-3,12H,1H2,(H2,9,13)(H,15,16)(H2,10,11,14,17)/t3-/m0/s1. The van der Waals surface area contributed by atoms with Crippen molar-refractivity contribution in [1.82, 2.24) is 14.7 Å². The van der Waals surface area contributed by atoms with E-state index in [1.807, 2.05) is 4.98 Å². The van der Waals surface area contributed by atoms with E-state index < -0.39 is 50.5 Å². The monoisotopic (exact) mass is 306 g/mol. The number of carboxylic acid groups (broad SMARTS) is 1. The van der Waals surface area contributed by atoms with E-state index in [4.69, 9.17) is 10.8 Å². The van der Waals surface area contributed by atoms with Gasteiger partial charge in [0.2, 0.25) is 15.9 Å². The lowest BCUT2D eigenvalue weighted by Gasteiger charge is -2.12. The molecule has 0 fully saturated rings. The molecule has 1 aromatic heterocycles. The molecule has 11 nitrogen and oxygen atoms in total. The lowest BCUT2D eigenvalue weighted by Crippen LogP contribution is -2.45. The van der Waals surface area contributed by atoms with Crippen molar-refractivity contribution in [2.75, 3.05) is 0 Å². The second-order valence-electron chi connectivity index (χ2n) is 3.62. The van der Waals surface area contributed by atoms with Crippen molar-refractivity contribution in [2.24, 2.45) is 5.73 Å². The van der Waals surface area contributed by atoms with Gasteiger partial charge in [-0.2, -0.15) is 4.72 Å². The maximum absolute atomic E-state index is 11.8. The second kappa shape index (κ2) is 5.66. The van der Waals surface area contributed by atoms with Gasteiger partial charge in [0.1, 0.15) is 6.04 Å². The number of amides is 1. The minimum atomic E-state index is -4.55. The Kier molecular flexibility index (Phi) is 4.41. The molecule has 1 amide bonds. The van der Waals surface area contributed by atoms with Crippen LogP contribution < -0.4 is 21.7 Å². The highest BCUT2D eigenvalue weighted by Gasteiger charge is 2.28. The Balaban J connectivity index is 3.16. The molecule has 1 atom stereocenters. The minimum Gasteiger partial charge on any atom is -0.480 e. The molecule has 0 aliphatic heterocycles. The summed E-state index contributed by atoms with van der Waals surface area (Å²) < 4.78 is 25.2. The van der Waals surface area contributed by atoms with Gasteiger partial charge in [-0.3, -0.25) is 19.4 Å². The quantitative estimate of drug-likeness (QED) is 0.362. The van der Waals surface area contributed by atoms with Crippen LogP contribution in [0.5, 0.6) is 0 Å². The van der Waals surface area contributed by atoms with Crippen LogP contribution in [0.1, 0.15) is 6.42 Å². The van der Waals surface area contributed by atoms with E-state index in [0.717, 1.165) is 0 Å². The third-order valence-electron chi connectivity index (χ3n) is 2.08. The zero-order valence-electron chi connectivity index (χ0n) is 9.74. The van der Waals surface area contributed by atoms with E-state index in [1.54, 1.807) is 9.71 Å². The third-order valence-corrected chi connectivity index (χ3v) is 3.55. The van der Waals surface area contributed by atoms with Crippen molar-refractivity contribution >= 4 is 21.9 Å². The normalized spacial score (nSPS) is 12.8. The van der Waals surface area contributed by atoms with E-state index in [1.165, 1.54) is 0 Å². The highest BCUT2D eigenvalue weighted by Crippen LogP contribution is 2.02. The SMILES string of the molecule is NC(=O)C[C@H](NS(=O)(=O)c1c[nH]c(=O)[nH]c1=O)C(=O)O. The zero-order valence-corrected chi connectivity index (χ0v) is 10.6. The Bertz CT molecular complexity index is 747. The van der Waals surface area contributed by atoms with Gasteiger partial charge in [0.25, 0.3) is 5.56 Å². The lowest BCUT2D eigenvalue weighted by molar-refractivity contribution is -0.140. The Labute approximate surface area is 110 Å². The number of aromatic amines is 2. The first-order valence-corrected chi connectivity index (χ1v) is 6.47. The molecule has 20 heavy (non-hydrogen) atoms. The molecule has 0 saturated carbocycles. The summed E-state index contributed by atoms with van der Waals surface area (Å²) in [7, 11) is -4.55. The summed E-state index contributed by atoms with van der Waals surface area (Å²) in [6.45, 7) is 0. The number of sulfonamides is 1. The van der Waals surface area contributed by atoms with Crippen LogP contribution in [0.15, 0.2) is 20.7 Å². The highest BCUT2D eigenvalue weighted by molar-refractivity contribution is 7.89. The molecule has 1 heterocycles. The first-order chi connectivity index (χ1) is 9.13. The number of primary amides is 1. The number of rotatable bonds is 6. The number of nitrogens with one attached hydrogen (secondary N) is 3. The predicted molar refractivity (Wildman–Crippen MR) is 63.2 cm³/mol. The fourth-order valence-corrected chi connectivity index (χ4v) is 2.42. The molecule has 0 saturated heterocycles. The molecule has 1 rings (SSSR count). The van der Waals surface area contributed by atoms with Gasteiger partial charge in [-0.15, -0.1) is 0 Å². The first kappa shape index (κ1) is 15.6. The molecule has 0 aliphatic carbocycles. The van der Waals surface area contributed by atoms with Crippen molar-refractivity contribution in [3.05, 3.63) is 27.0 Å². The van der Waals surface area contributed by atoms with E-state index in [9.17, 15) is 27.6 Å². The summed E-state index contributed by atoms with van der Waals surface area (Å²) in [6, 6.07) is -1.83. The molecule has 0 aliphatic rings. The average Bonchev–Trinajstić information content (AvgIpc) is 2.26. The van der Waals surface area contributed by atoms with Gasteiger partial charge in [-0.05, 0) is 0 Å². The molecule has 0 spiro atoms. The predicted octanol–water partition coefficient (Wildman–Crippen LogP) is -3.33. The average molecular weight is 306 g/mol. The first-order valence-electron chi connectivity index (χ1n) is 4.99. The van der Waals surface area contributed by atoms with Gasteiger partial charge in [0.15, 0.2) is 4.90 Å². The van der Waals surface area contributed by atoms with Gasteiger partial charge >= 0.3 is 11.7 Å². The van der Waals surface area contributed by atoms with Crippen LogP contribution in [-0.4, -0.2) is 41.4 Å². The number of carboxylic acids is 1. The van der Waals surface area contributed by atoms with Crippen molar-refractivity contribution in [3.63, 3.8) is 0 Å². The zero-order chi connectivity index (χ0) is 15.5. The minimum absolute atomic E-state index is 0.604.